The summed E-state index contributed by atoms with van der Waals surface area (Å²) < 4.78 is 211. The van der Waals surface area contributed by atoms with Gasteiger partial charge in [0.15, 0.2) is 0 Å². The summed E-state index contributed by atoms with van der Waals surface area (Å²) in [6, 6.07) is -6.81. The maximum absolute atomic E-state index is 12.9. The summed E-state index contributed by atoms with van der Waals surface area (Å²) in [7, 11) is 0. The minimum Gasteiger partial charge on any atom is -0.267 e. The van der Waals surface area contributed by atoms with Crippen molar-refractivity contribution in [1.29, 1.82) is 0 Å². The van der Waals surface area contributed by atoms with Gasteiger partial charge in [0.2, 0.25) is 0 Å². The molecule has 0 spiro atoms. The van der Waals surface area contributed by atoms with Gasteiger partial charge in [-0.1, -0.05) is 0 Å². The molecule has 0 radical (unpaired) electrons. The van der Waals surface area contributed by atoms with Gasteiger partial charge in [0, 0.05) is 0 Å². The predicted octanol–water partition coefficient (Wildman–Crippen LogP) is 5.49. The Morgan fingerprint density at radius 3 is 0.704 bits per heavy atom. The Balaban J connectivity index is 0. The van der Waals surface area contributed by atoms with Crippen LogP contribution in [0.5, 0.6) is 0 Å². The lowest BCUT2D eigenvalue weighted by molar-refractivity contribution is -0.461. The van der Waals surface area contributed by atoms with Crippen LogP contribution in [0.4, 0.5) is 74.6 Å². The van der Waals surface area contributed by atoms with Crippen molar-refractivity contribution < 1.29 is 74.6 Å². The summed E-state index contributed by atoms with van der Waals surface area (Å²) in [6.07, 6.45) is -7.76. The topological polar surface area (TPSA) is 26.0 Å². The Kier molecular flexibility index (Phi) is 7.01. The van der Waals surface area contributed by atoms with Crippen molar-refractivity contribution >= 4 is 17.0 Å². The molecule has 0 rings (SSSR count). The van der Waals surface area contributed by atoms with Crippen LogP contribution < -0.4 is 5.73 Å². The molecule has 0 saturated heterocycles. The maximum Gasteiger partial charge on any atom is 0.460 e. The molecule has 0 unspecified atom stereocenters. The van der Waals surface area contributed by atoms with Gasteiger partial charge in [0.1, 0.15) is 0 Å². The first kappa shape index (κ1) is 28.5. The fourth-order valence-electron chi connectivity index (χ4n) is 1.18. The van der Waals surface area contributed by atoms with Crippen molar-refractivity contribution in [3.8, 4) is 0 Å². The Bertz CT molecular complexity index is 480. The first-order valence-corrected chi connectivity index (χ1v) is 5.25. The van der Waals surface area contributed by atoms with E-state index in [9.17, 15) is 74.6 Å². The van der Waals surface area contributed by atoms with Crippen LogP contribution in [0, 0.1) is 0 Å². The fraction of sp³-hybridized carbons (Fsp3) is 1.00. The highest BCUT2D eigenvalue weighted by Gasteiger charge is 2.95. The molecule has 1 nitrogen and oxygen atoms in total. The van der Waals surface area contributed by atoms with E-state index in [2.05, 4.69) is 5.73 Å². The van der Waals surface area contributed by atoms with Gasteiger partial charge in [-0.3, -0.25) is 5.73 Å². The molecule has 0 atom stereocenters. The highest BCUT2D eigenvalue weighted by Crippen LogP contribution is 2.63. The zero-order valence-electron chi connectivity index (χ0n) is 11.4. The monoisotopic (exact) mass is 515 g/mol. The molecule has 19 heteroatoms. The average molecular weight is 516 g/mol. The van der Waals surface area contributed by atoms with E-state index in [0.717, 1.165) is 0 Å². The van der Waals surface area contributed by atoms with Crippen LogP contribution in [0.1, 0.15) is 0 Å². The van der Waals surface area contributed by atoms with Crippen molar-refractivity contribution in [2.75, 3.05) is 0 Å². The lowest BCUT2D eigenvalue weighted by Gasteiger charge is -2.42. The SMILES string of the molecule is Br.NC(F)(F)C(F)(F)C(F)(F)C(F)(F)C(F)(F)C(F)(F)C(F)(F)C(F)(F)F. The molecule has 0 saturated carbocycles. The van der Waals surface area contributed by atoms with E-state index in [-0.39, 0.29) is 17.0 Å². The quantitative estimate of drug-likeness (QED) is 0.367. The number of hydrogen-bond donors (Lipinski definition) is 1. The van der Waals surface area contributed by atoms with Crippen LogP contribution in [0.25, 0.3) is 0 Å². The number of hydrogen-bond acceptors (Lipinski definition) is 1. The summed E-state index contributed by atoms with van der Waals surface area (Å²) in [5, 5.41) is 0. The normalized spacial score (nSPS) is 16.2. The number of halogens is 18. The van der Waals surface area contributed by atoms with Gasteiger partial charge in [0.05, 0.1) is 0 Å². The van der Waals surface area contributed by atoms with Gasteiger partial charge >= 0.3 is 47.8 Å². The maximum atomic E-state index is 12.9. The zero-order chi connectivity index (χ0) is 22.0. The van der Waals surface area contributed by atoms with Crippen LogP contribution >= 0.6 is 17.0 Å². The molecule has 0 heterocycles. The highest BCUT2D eigenvalue weighted by molar-refractivity contribution is 8.93. The summed E-state index contributed by atoms with van der Waals surface area (Å²) in [5.74, 6) is -49.9. The third kappa shape index (κ3) is 3.52. The summed E-state index contributed by atoms with van der Waals surface area (Å²) in [6.45, 7) is 0. The van der Waals surface area contributed by atoms with Gasteiger partial charge in [-0.15, -0.1) is 17.0 Å². The molecule has 27 heavy (non-hydrogen) atoms. The molecule has 166 valence electrons. The van der Waals surface area contributed by atoms with E-state index in [0.29, 0.717) is 0 Å². The van der Waals surface area contributed by atoms with E-state index in [1.165, 1.54) is 0 Å². The molecular formula is C8H3BrF17N. The van der Waals surface area contributed by atoms with Crippen molar-refractivity contribution in [2.45, 2.75) is 47.8 Å². The number of nitrogens with two attached hydrogens (primary N) is 1. The molecule has 0 fully saturated rings. The minimum atomic E-state index is -8.61. The lowest BCUT2D eigenvalue weighted by Crippen LogP contribution is -2.75. The van der Waals surface area contributed by atoms with E-state index in [1.54, 1.807) is 0 Å². The first-order chi connectivity index (χ1) is 10.8. The molecule has 0 aromatic heterocycles. The van der Waals surface area contributed by atoms with E-state index in [4.69, 9.17) is 0 Å². The molecule has 0 aromatic carbocycles. The van der Waals surface area contributed by atoms with E-state index in [1.807, 2.05) is 0 Å². The molecule has 0 aromatic rings. The Morgan fingerprint density at radius 1 is 0.333 bits per heavy atom. The molecule has 2 N–H and O–H groups in total. The van der Waals surface area contributed by atoms with Gasteiger partial charge < -0.3 is 0 Å². The summed E-state index contributed by atoms with van der Waals surface area (Å²) >= 11 is 0. The predicted molar refractivity (Wildman–Crippen MR) is 55.2 cm³/mol. The molecule has 0 amide bonds. The molecule has 0 aliphatic carbocycles. The van der Waals surface area contributed by atoms with E-state index >= 15 is 0 Å². The smallest absolute Gasteiger partial charge is 0.267 e. The number of rotatable bonds is 6. The largest absolute Gasteiger partial charge is 0.460 e. The van der Waals surface area contributed by atoms with Crippen LogP contribution in [0.15, 0.2) is 0 Å². The van der Waals surface area contributed by atoms with Crippen molar-refractivity contribution in [2.24, 2.45) is 5.73 Å². The van der Waals surface area contributed by atoms with Gasteiger partial charge in [-0.25, -0.2) is 0 Å². The Labute approximate surface area is 146 Å². The van der Waals surface area contributed by atoms with Crippen LogP contribution in [-0.2, 0) is 0 Å². The minimum absolute atomic E-state index is 0. The third-order valence-electron chi connectivity index (χ3n) is 2.75. The van der Waals surface area contributed by atoms with Crippen molar-refractivity contribution in [3.63, 3.8) is 0 Å². The van der Waals surface area contributed by atoms with E-state index < -0.39 is 47.8 Å². The second-order valence-electron chi connectivity index (χ2n) is 4.57. The van der Waals surface area contributed by atoms with Crippen LogP contribution in [-0.4, -0.2) is 47.8 Å². The van der Waals surface area contributed by atoms with Gasteiger partial charge in [-0.2, -0.15) is 74.6 Å². The Morgan fingerprint density at radius 2 is 0.519 bits per heavy atom. The summed E-state index contributed by atoms with van der Waals surface area (Å²) in [5.41, 5.74) is 3.05. The average Bonchev–Trinajstić information content (AvgIpc) is 2.34. The fourth-order valence-corrected chi connectivity index (χ4v) is 1.18. The molecule has 0 bridgehead atoms. The molecular weight excluding hydrogens is 513 g/mol. The first-order valence-electron chi connectivity index (χ1n) is 5.25. The third-order valence-corrected chi connectivity index (χ3v) is 2.75. The number of alkyl halides is 17. The van der Waals surface area contributed by atoms with Crippen LogP contribution in [0.2, 0.25) is 0 Å². The zero-order valence-corrected chi connectivity index (χ0v) is 13.1. The van der Waals surface area contributed by atoms with Crippen molar-refractivity contribution in [3.05, 3.63) is 0 Å². The van der Waals surface area contributed by atoms with Gasteiger partial charge in [-0.05, 0) is 0 Å². The second-order valence-corrected chi connectivity index (χ2v) is 4.57. The second kappa shape index (κ2) is 6.65. The van der Waals surface area contributed by atoms with Crippen molar-refractivity contribution in [1.82, 2.24) is 0 Å². The standard InChI is InChI=1S/C8H2F17N.BrH/c9-1(10,3(13,14)5(17,18)7(21,22)23)2(11,12)4(15,16)6(19,20)8(24,25)26;/h26H2;1H. The molecule has 0 aliphatic heterocycles. The Hall–Kier alpha value is -0.750. The molecule has 0 aliphatic rings. The van der Waals surface area contributed by atoms with Crippen LogP contribution in [0.3, 0.4) is 0 Å². The lowest BCUT2D eigenvalue weighted by atomic mass is 9.90. The summed E-state index contributed by atoms with van der Waals surface area (Å²) in [4.78, 5) is 0. The van der Waals surface area contributed by atoms with Gasteiger partial charge in [0.25, 0.3) is 0 Å². The highest BCUT2D eigenvalue weighted by atomic mass is 79.9.